The smallest absolute Gasteiger partial charge is 0.309 e. The number of halogens is 1. The van der Waals surface area contributed by atoms with Crippen LogP contribution in [0.4, 0.5) is 0 Å². The number of likely N-dealkylation sites (tertiary alicyclic amines) is 1. The van der Waals surface area contributed by atoms with E-state index in [1.54, 1.807) is 0 Å². The molecule has 17 heavy (non-hydrogen) atoms. The Morgan fingerprint density at radius 2 is 2.24 bits per heavy atom. The van der Waals surface area contributed by atoms with Gasteiger partial charge in [-0.3, -0.25) is 9.69 Å². The van der Waals surface area contributed by atoms with Gasteiger partial charge in [-0.1, -0.05) is 35.0 Å². The van der Waals surface area contributed by atoms with E-state index in [0.29, 0.717) is 13.1 Å². The number of hydrogen-bond donors (Lipinski definition) is 1. The molecule has 1 N–H and O–H groups in total. The van der Waals surface area contributed by atoms with Gasteiger partial charge in [-0.2, -0.15) is 0 Å². The minimum atomic E-state index is -0.675. The Morgan fingerprint density at radius 1 is 1.53 bits per heavy atom. The van der Waals surface area contributed by atoms with Gasteiger partial charge in [0.15, 0.2) is 0 Å². The molecule has 92 valence electrons. The van der Waals surface area contributed by atoms with E-state index >= 15 is 0 Å². The minimum Gasteiger partial charge on any atom is -0.481 e. The van der Waals surface area contributed by atoms with Crippen LogP contribution in [0.25, 0.3) is 0 Å². The average molecular weight is 298 g/mol. The number of hydrogen-bond acceptors (Lipinski definition) is 2. The zero-order chi connectivity index (χ0) is 12.4. The second-order valence-electron chi connectivity index (χ2n) is 4.46. The number of carboxylic acid groups (broad SMARTS) is 1. The van der Waals surface area contributed by atoms with Crippen LogP contribution in [-0.4, -0.2) is 29.1 Å². The molecule has 0 aliphatic carbocycles. The summed E-state index contributed by atoms with van der Waals surface area (Å²) in [6.07, 6.45) is 0.993. The number of nitrogens with zero attached hydrogens (tertiary/aromatic N) is 1. The lowest BCUT2D eigenvalue weighted by molar-refractivity contribution is -0.147. The summed E-state index contributed by atoms with van der Waals surface area (Å²) in [6, 6.07) is 6.21. The van der Waals surface area contributed by atoms with Gasteiger partial charge in [0.1, 0.15) is 0 Å². The summed E-state index contributed by atoms with van der Waals surface area (Å²) in [7, 11) is 0. The molecule has 0 amide bonds. The molecule has 0 aromatic heterocycles. The lowest BCUT2D eigenvalue weighted by Gasteiger charge is -2.37. The van der Waals surface area contributed by atoms with Crippen molar-refractivity contribution in [1.29, 1.82) is 0 Å². The Bertz CT molecular complexity index is 427. The summed E-state index contributed by atoms with van der Waals surface area (Å²) in [5.41, 5.74) is 2.62. The van der Waals surface area contributed by atoms with Crippen molar-refractivity contribution in [1.82, 2.24) is 4.90 Å². The molecule has 1 aliphatic heterocycles. The van der Waals surface area contributed by atoms with Crippen molar-refractivity contribution in [3.8, 4) is 0 Å². The van der Waals surface area contributed by atoms with Crippen molar-refractivity contribution >= 4 is 21.9 Å². The maximum Gasteiger partial charge on any atom is 0.309 e. The fourth-order valence-corrected chi connectivity index (χ4v) is 2.93. The van der Waals surface area contributed by atoms with Gasteiger partial charge in [-0.05, 0) is 23.6 Å². The third-order valence-corrected chi connectivity index (χ3v) is 4.01. The number of carbonyl (C=O) groups is 1. The van der Waals surface area contributed by atoms with Crippen molar-refractivity contribution in [2.75, 3.05) is 13.1 Å². The molecule has 0 spiro atoms. The molecule has 1 fully saturated rings. The summed E-state index contributed by atoms with van der Waals surface area (Å²) < 4.78 is 1.15. The van der Waals surface area contributed by atoms with Crippen molar-refractivity contribution < 1.29 is 9.90 Å². The van der Waals surface area contributed by atoms with Gasteiger partial charge in [0.05, 0.1) is 5.92 Å². The van der Waals surface area contributed by atoms with Crippen LogP contribution in [0.2, 0.25) is 0 Å². The summed E-state index contributed by atoms with van der Waals surface area (Å²) >= 11 is 3.56. The minimum absolute atomic E-state index is 0.174. The van der Waals surface area contributed by atoms with Crippen LogP contribution >= 0.6 is 15.9 Å². The summed E-state index contributed by atoms with van der Waals surface area (Å²) in [4.78, 5) is 12.9. The van der Waals surface area contributed by atoms with Gasteiger partial charge in [0.25, 0.3) is 0 Å². The van der Waals surface area contributed by atoms with Gasteiger partial charge < -0.3 is 5.11 Å². The number of carboxylic acids is 1. The van der Waals surface area contributed by atoms with Crippen LogP contribution in [0.1, 0.15) is 18.1 Å². The first-order valence-electron chi connectivity index (χ1n) is 5.83. The van der Waals surface area contributed by atoms with E-state index in [0.717, 1.165) is 17.4 Å². The standard InChI is InChI=1S/C13H16BrNO2/c1-2-11-9(4-3-5-12(11)14)6-15-7-10(8-15)13(16)17/h3-5,10H,2,6-8H2,1H3,(H,16,17). The van der Waals surface area contributed by atoms with Crippen LogP contribution in [0.5, 0.6) is 0 Å². The molecule has 1 aromatic rings. The van der Waals surface area contributed by atoms with E-state index in [4.69, 9.17) is 5.11 Å². The van der Waals surface area contributed by atoms with Gasteiger partial charge in [-0.15, -0.1) is 0 Å². The Morgan fingerprint density at radius 3 is 2.82 bits per heavy atom. The summed E-state index contributed by atoms with van der Waals surface area (Å²) in [6.45, 7) is 4.34. The quantitative estimate of drug-likeness (QED) is 0.928. The molecular weight excluding hydrogens is 282 g/mol. The Hall–Kier alpha value is -0.870. The number of rotatable bonds is 4. The van der Waals surface area contributed by atoms with E-state index in [1.165, 1.54) is 11.1 Å². The molecular formula is C13H16BrNO2. The molecule has 1 aliphatic rings. The second kappa shape index (κ2) is 5.19. The highest BCUT2D eigenvalue weighted by atomic mass is 79.9. The highest BCUT2D eigenvalue weighted by Gasteiger charge is 2.32. The molecule has 2 rings (SSSR count). The molecule has 1 saturated heterocycles. The van der Waals surface area contributed by atoms with Gasteiger partial charge >= 0.3 is 5.97 Å². The van der Waals surface area contributed by atoms with Crippen molar-refractivity contribution in [3.05, 3.63) is 33.8 Å². The molecule has 0 atom stereocenters. The van der Waals surface area contributed by atoms with Crippen LogP contribution < -0.4 is 0 Å². The number of aliphatic carboxylic acids is 1. The summed E-state index contributed by atoms with van der Waals surface area (Å²) in [5, 5.41) is 8.83. The fourth-order valence-electron chi connectivity index (χ4n) is 2.24. The zero-order valence-electron chi connectivity index (χ0n) is 9.82. The summed E-state index contributed by atoms with van der Waals surface area (Å²) in [5.74, 6) is -0.849. The maximum absolute atomic E-state index is 10.7. The third-order valence-electron chi connectivity index (χ3n) is 3.27. The Labute approximate surface area is 110 Å². The topological polar surface area (TPSA) is 40.5 Å². The molecule has 1 aromatic carbocycles. The largest absolute Gasteiger partial charge is 0.481 e. The lowest BCUT2D eigenvalue weighted by Crippen LogP contribution is -2.49. The zero-order valence-corrected chi connectivity index (χ0v) is 11.4. The fraction of sp³-hybridized carbons (Fsp3) is 0.462. The first-order chi connectivity index (χ1) is 8.11. The highest BCUT2D eigenvalue weighted by Crippen LogP contribution is 2.25. The van der Waals surface area contributed by atoms with E-state index < -0.39 is 5.97 Å². The lowest BCUT2D eigenvalue weighted by atomic mass is 9.98. The van der Waals surface area contributed by atoms with Crippen molar-refractivity contribution in [3.63, 3.8) is 0 Å². The van der Waals surface area contributed by atoms with Crippen molar-refractivity contribution in [2.45, 2.75) is 19.9 Å². The van der Waals surface area contributed by atoms with E-state index in [9.17, 15) is 4.79 Å². The van der Waals surface area contributed by atoms with Crippen LogP contribution in [-0.2, 0) is 17.8 Å². The molecule has 4 heteroatoms. The second-order valence-corrected chi connectivity index (χ2v) is 5.31. The van der Waals surface area contributed by atoms with E-state index in [1.807, 2.05) is 6.07 Å². The molecule has 0 bridgehead atoms. The SMILES string of the molecule is CCc1c(Br)cccc1CN1CC(C(=O)O)C1. The Balaban J connectivity index is 2.01. The molecule has 0 unspecified atom stereocenters. The molecule has 0 saturated carbocycles. The first kappa shape index (κ1) is 12.6. The van der Waals surface area contributed by atoms with E-state index in [-0.39, 0.29) is 5.92 Å². The third kappa shape index (κ3) is 2.69. The van der Waals surface area contributed by atoms with Gasteiger partial charge in [0.2, 0.25) is 0 Å². The van der Waals surface area contributed by atoms with Crippen LogP contribution in [0.15, 0.2) is 22.7 Å². The van der Waals surface area contributed by atoms with Gasteiger partial charge in [0, 0.05) is 24.1 Å². The average Bonchev–Trinajstić information content (AvgIpc) is 2.22. The Kier molecular flexibility index (Phi) is 3.84. The predicted octanol–water partition coefficient (Wildman–Crippen LogP) is 2.53. The molecule has 3 nitrogen and oxygen atoms in total. The van der Waals surface area contributed by atoms with Crippen molar-refractivity contribution in [2.24, 2.45) is 5.92 Å². The number of benzene rings is 1. The van der Waals surface area contributed by atoms with Crippen LogP contribution in [0.3, 0.4) is 0 Å². The highest BCUT2D eigenvalue weighted by molar-refractivity contribution is 9.10. The maximum atomic E-state index is 10.7. The first-order valence-corrected chi connectivity index (χ1v) is 6.62. The van der Waals surface area contributed by atoms with Gasteiger partial charge in [-0.25, -0.2) is 0 Å². The normalized spacial score (nSPS) is 16.8. The molecule has 0 radical (unpaired) electrons. The predicted molar refractivity (Wildman–Crippen MR) is 69.9 cm³/mol. The monoisotopic (exact) mass is 297 g/mol. The molecule has 1 heterocycles. The van der Waals surface area contributed by atoms with E-state index in [2.05, 4.69) is 39.9 Å². The van der Waals surface area contributed by atoms with Crippen LogP contribution in [0, 0.1) is 5.92 Å².